The Labute approximate surface area is 218 Å². The van der Waals surface area contributed by atoms with E-state index >= 15 is 0 Å². The molecule has 192 valence electrons. The van der Waals surface area contributed by atoms with Crippen molar-refractivity contribution in [3.05, 3.63) is 65.4 Å². The molecule has 3 N–H and O–H groups in total. The highest BCUT2D eigenvalue weighted by Crippen LogP contribution is 2.39. The van der Waals surface area contributed by atoms with Gasteiger partial charge in [-0.15, -0.1) is 0 Å². The van der Waals surface area contributed by atoms with Gasteiger partial charge < -0.3 is 24.6 Å². The van der Waals surface area contributed by atoms with E-state index in [1.807, 2.05) is 30.3 Å². The predicted molar refractivity (Wildman–Crippen MR) is 150 cm³/mol. The number of aliphatic hydroxyl groups excluding tert-OH is 1. The molecule has 2 aromatic carbocycles. The molecule has 0 bridgehead atoms. The van der Waals surface area contributed by atoms with E-state index in [1.54, 1.807) is 11.9 Å². The number of aromatic nitrogens is 1. The van der Waals surface area contributed by atoms with Crippen molar-refractivity contribution < 1.29 is 9.90 Å². The Balaban J connectivity index is 1.42. The smallest absolute Gasteiger partial charge is 0.251 e. The molecule has 0 spiro atoms. The largest absolute Gasteiger partial charge is 0.390 e. The lowest BCUT2D eigenvalue weighted by Gasteiger charge is -2.27. The van der Waals surface area contributed by atoms with Gasteiger partial charge in [0.1, 0.15) is 0 Å². The highest BCUT2D eigenvalue weighted by Gasteiger charge is 2.40. The molecule has 1 aliphatic heterocycles. The second kappa shape index (κ2) is 10.5. The molecule has 1 aliphatic carbocycles. The summed E-state index contributed by atoms with van der Waals surface area (Å²) in [5.74, 6) is 0.880. The van der Waals surface area contributed by atoms with Gasteiger partial charge in [0.25, 0.3) is 5.91 Å². The van der Waals surface area contributed by atoms with Crippen molar-refractivity contribution >= 4 is 34.4 Å². The highest BCUT2D eigenvalue weighted by molar-refractivity contribution is 8.00. The number of nitrogens with zero attached hydrogens (tertiary/aromatic N) is 2. The normalized spacial score (nSPS) is 18.1. The molecule has 1 fully saturated rings. The third-order valence-electron chi connectivity index (χ3n) is 7.93. The van der Waals surface area contributed by atoms with Gasteiger partial charge in [0.05, 0.1) is 23.3 Å². The molecular formula is C29H38N4O2S. The molecule has 0 saturated heterocycles. The molecule has 0 unspecified atom stereocenters. The van der Waals surface area contributed by atoms with Crippen LogP contribution < -0.4 is 14.9 Å². The van der Waals surface area contributed by atoms with E-state index in [-0.39, 0.29) is 11.4 Å². The zero-order valence-corrected chi connectivity index (χ0v) is 22.4. The van der Waals surface area contributed by atoms with Crippen molar-refractivity contribution in [1.29, 1.82) is 0 Å². The van der Waals surface area contributed by atoms with Crippen molar-refractivity contribution in [1.82, 2.24) is 15.2 Å². The Morgan fingerprint density at radius 2 is 1.97 bits per heavy atom. The van der Waals surface area contributed by atoms with Crippen molar-refractivity contribution in [3.8, 4) is 0 Å². The molecule has 2 aliphatic rings. The maximum atomic E-state index is 13.7. The van der Waals surface area contributed by atoms with Gasteiger partial charge >= 0.3 is 0 Å². The second-order valence-corrected chi connectivity index (χ2v) is 11.5. The second-order valence-electron chi connectivity index (χ2n) is 10.3. The van der Waals surface area contributed by atoms with E-state index in [0.29, 0.717) is 18.5 Å². The van der Waals surface area contributed by atoms with E-state index < -0.39 is 12.1 Å². The van der Waals surface area contributed by atoms with Crippen LogP contribution in [-0.4, -0.2) is 52.6 Å². The summed E-state index contributed by atoms with van der Waals surface area (Å²) < 4.78 is 4.44. The molecular weight excluding hydrogens is 468 g/mol. The molecule has 1 saturated carbocycles. The molecule has 6 nitrogen and oxygen atoms in total. The third-order valence-corrected chi connectivity index (χ3v) is 8.90. The Bertz CT molecular complexity index is 1220. The van der Waals surface area contributed by atoms with Crippen molar-refractivity contribution in [3.63, 3.8) is 0 Å². The standard InChI is InChI=1S/C29H38N4O2S/c1-4-29(12-13-29)30-18-26(34)23(15-20-9-7-6-8-10-20)31-28(35)22-16-24-27-21(11-14-36-32(24)3)19-33(5-2)25(27)17-22/h6-10,16-17,19,23,26,30,34H,4-5,11-15,18H2,1-3H3,(H,31,35)/t23-,26+/m0/s1. The van der Waals surface area contributed by atoms with Gasteiger partial charge in [-0.05, 0) is 74.2 Å². The third kappa shape index (κ3) is 5.15. The summed E-state index contributed by atoms with van der Waals surface area (Å²) >= 11 is 1.79. The van der Waals surface area contributed by atoms with Gasteiger partial charge in [0.2, 0.25) is 0 Å². The predicted octanol–water partition coefficient (Wildman–Crippen LogP) is 4.54. The van der Waals surface area contributed by atoms with E-state index in [1.165, 1.54) is 10.9 Å². The topological polar surface area (TPSA) is 69.5 Å². The minimum Gasteiger partial charge on any atom is -0.390 e. The maximum absolute atomic E-state index is 13.7. The van der Waals surface area contributed by atoms with Gasteiger partial charge in [-0.3, -0.25) is 4.79 Å². The summed E-state index contributed by atoms with van der Waals surface area (Å²) in [4.78, 5) is 13.7. The van der Waals surface area contributed by atoms with Crippen molar-refractivity contribution in [2.24, 2.45) is 0 Å². The first-order valence-corrected chi connectivity index (χ1v) is 14.2. The number of anilines is 1. The zero-order valence-electron chi connectivity index (χ0n) is 21.6. The van der Waals surface area contributed by atoms with E-state index in [4.69, 9.17) is 0 Å². The van der Waals surface area contributed by atoms with Crippen LogP contribution in [0.25, 0.3) is 10.9 Å². The average Bonchev–Trinajstić information content (AvgIpc) is 3.63. The number of aryl methyl sites for hydroxylation is 2. The monoisotopic (exact) mass is 506 g/mol. The van der Waals surface area contributed by atoms with Crippen molar-refractivity contribution in [2.75, 3.05) is 23.7 Å². The summed E-state index contributed by atoms with van der Waals surface area (Å²) in [6, 6.07) is 13.7. The van der Waals surface area contributed by atoms with Gasteiger partial charge in [0.15, 0.2) is 0 Å². The van der Waals surface area contributed by atoms with Crippen LogP contribution in [0.15, 0.2) is 48.7 Å². The summed E-state index contributed by atoms with van der Waals surface area (Å²) in [7, 11) is 2.08. The number of carbonyl (C=O) groups excluding carboxylic acids is 1. The molecule has 36 heavy (non-hydrogen) atoms. The number of rotatable bonds is 10. The van der Waals surface area contributed by atoms with Crippen LogP contribution >= 0.6 is 11.9 Å². The molecule has 1 amide bonds. The number of hydrogen-bond donors (Lipinski definition) is 3. The fourth-order valence-corrected chi connectivity index (χ4v) is 6.22. The quantitative estimate of drug-likeness (QED) is 0.353. The number of hydrogen-bond acceptors (Lipinski definition) is 5. The Morgan fingerprint density at radius 1 is 1.19 bits per heavy atom. The molecule has 0 radical (unpaired) electrons. The minimum atomic E-state index is -0.687. The average molecular weight is 507 g/mol. The van der Waals surface area contributed by atoms with Crippen LogP contribution in [0.2, 0.25) is 0 Å². The molecule has 7 heteroatoms. The van der Waals surface area contributed by atoms with E-state index in [0.717, 1.165) is 54.7 Å². The van der Waals surface area contributed by atoms with Crippen molar-refractivity contribution in [2.45, 2.75) is 70.2 Å². The SMILES string of the molecule is CCn1cc2c3c(cc(C(=O)N[C@@H](Cc4ccccc4)[C@H](O)CNC4(CC)CC4)cc31)N(C)SCC2. The number of aliphatic hydroxyl groups is 1. The van der Waals surface area contributed by atoms with E-state index in [2.05, 4.69) is 58.7 Å². The first-order chi connectivity index (χ1) is 17.4. The molecule has 2 heterocycles. The fraction of sp³-hybridized carbons (Fsp3) is 0.483. The van der Waals surface area contributed by atoms with Crippen LogP contribution in [0.3, 0.4) is 0 Å². The lowest BCUT2D eigenvalue weighted by Crippen LogP contribution is -2.50. The molecule has 2 atom stereocenters. The number of benzene rings is 2. The molecule has 5 rings (SSSR count). The van der Waals surface area contributed by atoms with Crippen LogP contribution in [0.1, 0.15) is 54.6 Å². The van der Waals surface area contributed by atoms with E-state index in [9.17, 15) is 9.90 Å². The summed E-state index contributed by atoms with van der Waals surface area (Å²) in [6.07, 6.45) is 6.52. The Hall–Kier alpha value is -2.48. The Morgan fingerprint density at radius 3 is 2.67 bits per heavy atom. The van der Waals surface area contributed by atoms with Crippen LogP contribution in [0.4, 0.5) is 5.69 Å². The lowest BCUT2D eigenvalue weighted by molar-refractivity contribution is 0.0822. The number of nitrogens with one attached hydrogen (secondary N) is 2. The summed E-state index contributed by atoms with van der Waals surface area (Å²) in [5.41, 5.74) is 5.43. The van der Waals surface area contributed by atoms with Crippen LogP contribution in [0.5, 0.6) is 0 Å². The number of carbonyl (C=O) groups is 1. The highest BCUT2D eigenvalue weighted by atomic mass is 32.2. The molecule has 3 aromatic rings. The minimum absolute atomic E-state index is 0.141. The first-order valence-electron chi connectivity index (χ1n) is 13.2. The summed E-state index contributed by atoms with van der Waals surface area (Å²) in [5, 5.41) is 19.2. The number of amides is 1. The van der Waals surface area contributed by atoms with Gasteiger partial charge in [-0.25, -0.2) is 0 Å². The summed E-state index contributed by atoms with van der Waals surface area (Å²) in [6.45, 7) is 5.66. The zero-order chi connectivity index (χ0) is 25.3. The number of β-amino-alcohol motifs (C(OH)–C–C–N with tert-alkyl or cyclic N) is 1. The van der Waals surface area contributed by atoms with Gasteiger partial charge in [0, 0.05) is 48.6 Å². The maximum Gasteiger partial charge on any atom is 0.251 e. The Kier molecular flexibility index (Phi) is 7.33. The first kappa shape index (κ1) is 25.2. The fourth-order valence-electron chi connectivity index (χ4n) is 5.35. The van der Waals surface area contributed by atoms with Crippen LogP contribution in [0, 0.1) is 0 Å². The molecule has 1 aromatic heterocycles. The lowest BCUT2D eigenvalue weighted by atomic mass is 9.99. The van der Waals surface area contributed by atoms with Gasteiger partial charge in [-0.2, -0.15) is 0 Å². The van der Waals surface area contributed by atoms with Gasteiger partial charge in [-0.1, -0.05) is 37.3 Å². The van der Waals surface area contributed by atoms with Crippen LogP contribution in [-0.2, 0) is 19.4 Å².